The topological polar surface area (TPSA) is 51.8 Å². The van der Waals surface area contributed by atoms with Gasteiger partial charge in [0.05, 0.1) is 15.1 Å². The minimum Gasteiger partial charge on any atom is -0.456 e. The third kappa shape index (κ3) is 5.13. The summed E-state index contributed by atoms with van der Waals surface area (Å²) in [5, 5.41) is 3.94. The third-order valence-electron chi connectivity index (χ3n) is 8.97. The van der Waals surface area contributed by atoms with Gasteiger partial charge in [0, 0.05) is 27.5 Å². The number of hydrogen-bond donors (Lipinski definition) is 0. The van der Waals surface area contributed by atoms with Crippen molar-refractivity contribution in [3.8, 4) is 56.4 Å². The van der Waals surface area contributed by atoms with Gasteiger partial charge in [0.15, 0.2) is 17.5 Å². The van der Waals surface area contributed by atoms with E-state index >= 15 is 0 Å². The maximum atomic E-state index is 9.54. The van der Waals surface area contributed by atoms with Crippen molar-refractivity contribution in [3.05, 3.63) is 176 Å². The van der Waals surface area contributed by atoms with E-state index in [1.54, 1.807) is 24.3 Å². The van der Waals surface area contributed by atoms with Crippen molar-refractivity contribution in [3.63, 3.8) is 0 Å². The van der Waals surface area contributed by atoms with Gasteiger partial charge in [-0.05, 0) is 74.1 Å². The van der Waals surface area contributed by atoms with Gasteiger partial charge in [-0.25, -0.2) is 15.0 Å². The molecule has 0 amide bonds. The highest BCUT2D eigenvalue weighted by molar-refractivity contribution is 6.15. The summed E-state index contributed by atoms with van der Waals surface area (Å²) in [6.45, 7) is 0. The fraction of sp³-hybridized carbons (Fsp3) is 0. The Balaban J connectivity index is 1.32. The lowest BCUT2D eigenvalue weighted by Crippen LogP contribution is -2.01. The predicted octanol–water partition coefficient (Wildman–Crippen LogP) is 12.4. The molecule has 0 N–H and O–H groups in total. The van der Waals surface area contributed by atoms with Crippen molar-refractivity contribution in [2.75, 3.05) is 0 Å². The Morgan fingerprint density at radius 1 is 0.412 bits per heavy atom. The lowest BCUT2D eigenvalue weighted by molar-refractivity contribution is 0.669. The molecule has 0 aliphatic rings. The monoisotopic (exact) mass is 662 g/mol. The maximum absolute atomic E-state index is 9.54. The Labute approximate surface area is 309 Å². The molecule has 0 spiro atoms. The van der Waals surface area contributed by atoms with Crippen LogP contribution < -0.4 is 0 Å². The van der Waals surface area contributed by atoms with Crippen LogP contribution in [0.2, 0.25) is 0 Å². The molecule has 0 radical (unpaired) electrons. The molecule has 0 saturated heterocycles. The van der Waals surface area contributed by atoms with E-state index in [0.717, 1.165) is 21.5 Å². The fourth-order valence-electron chi connectivity index (χ4n) is 6.49. The molecule has 0 aliphatic heterocycles. The first kappa shape index (κ1) is 19.9. The number of aromatic nitrogens is 3. The third-order valence-corrected chi connectivity index (χ3v) is 8.97. The summed E-state index contributed by atoms with van der Waals surface area (Å²) in [5.41, 5.74) is 1.86. The molecule has 0 atom stereocenters. The second-order valence-corrected chi connectivity index (χ2v) is 12.0. The van der Waals surface area contributed by atoms with Crippen LogP contribution in [0.15, 0.2) is 180 Å². The van der Waals surface area contributed by atoms with E-state index in [1.807, 2.05) is 84.9 Å². The number of rotatable bonds is 5. The fourth-order valence-corrected chi connectivity index (χ4v) is 6.49. The number of benzene rings is 8. The Morgan fingerprint density at radius 3 is 1.63 bits per heavy atom. The Bertz CT molecular complexity index is 3430. The first-order valence-electron chi connectivity index (χ1n) is 21.7. The molecule has 0 bridgehead atoms. The van der Waals surface area contributed by atoms with Gasteiger partial charge in [0.25, 0.3) is 0 Å². The minimum absolute atomic E-state index is 0.0140. The van der Waals surface area contributed by atoms with E-state index in [-0.39, 0.29) is 80.3 Å². The van der Waals surface area contributed by atoms with Gasteiger partial charge in [-0.3, -0.25) is 0 Å². The molecule has 238 valence electrons. The van der Waals surface area contributed by atoms with Gasteiger partial charge in [-0.2, -0.15) is 0 Å². The van der Waals surface area contributed by atoms with E-state index in [1.165, 1.54) is 0 Å². The quantitative estimate of drug-likeness (QED) is 0.184. The lowest BCUT2D eigenvalue weighted by atomic mass is 9.93. The molecule has 4 nitrogen and oxygen atoms in total. The van der Waals surface area contributed by atoms with Gasteiger partial charge < -0.3 is 4.42 Å². The second-order valence-electron chi connectivity index (χ2n) is 12.0. The van der Waals surface area contributed by atoms with E-state index in [4.69, 9.17) is 31.7 Å². The largest absolute Gasteiger partial charge is 0.456 e. The zero-order valence-corrected chi connectivity index (χ0v) is 26.6. The van der Waals surface area contributed by atoms with Gasteiger partial charge in [0.2, 0.25) is 0 Å². The van der Waals surface area contributed by atoms with Gasteiger partial charge in [-0.15, -0.1) is 0 Å². The Morgan fingerprint density at radius 2 is 0.961 bits per heavy atom. The highest BCUT2D eigenvalue weighted by Crippen LogP contribution is 2.43. The van der Waals surface area contributed by atoms with Crippen LogP contribution in [0.4, 0.5) is 0 Å². The molecular weight excluding hydrogens is 623 g/mol. The number of hydrogen-bond acceptors (Lipinski definition) is 4. The molecular formula is C47H29N3O. The lowest BCUT2D eigenvalue weighted by Gasteiger charge is -2.14. The van der Waals surface area contributed by atoms with Gasteiger partial charge >= 0.3 is 0 Å². The smallest absolute Gasteiger partial charge is 0.165 e. The number of nitrogens with zero attached hydrogens (tertiary/aromatic N) is 3. The van der Waals surface area contributed by atoms with Crippen LogP contribution in [-0.2, 0) is 0 Å². The van der Waals surface area contributed by atoms with Gasteiger partial charge in [-0.1, -0.05) is 145 Å². The Hall–Kier alpha value is -6.91. The van der Waals surface area contributed by atoms with Crippen molar-refractivity contribution >= 4 is 43.5 Å². The van der Waals surface area contributed by atoms with Crippen molar-refractivity contribution in [1.82, 2.24) is 15.0 Å². The van der Waals surface area contributed by atoms with E-state index < -0.39 is 42.3 Å². The summed E-state index contributed by atoms with van der Waals surface area (Å²) in [6.07, 6.45) is 0. The summed E-state index contributed by atoms with van der Waals surface area (Å²) < 4.78 is 102. The predicted molar refractivity (Wildman–Crippen MR) is 209 cm³/mol. The van der Waals surface area contributed by atoms with Crippen molar-refractivity contribution in [2.24, 2.45) is 0 Å². The molecule has 0 saturated carbocycles. The number of furan rings is 1. The highest BCUT2D eigenvalue weighted by Gasteiger charge is 2.22. The second kappa shape index (κ2) is 11.9. The number of fused-ring (bicyclic) bond motifs is 5. The minimum atomic E-state index is -0.526. The average molecular weight is 663 g/mol. The van der Waals surface area contributed by atoms with Crippen molar-refractivity contribution < 1.29 is 19.5 Å². The normalized spacial score (nSPS) is 14.5. The van der Waals surface area contributed by atoms with E-state index in [9.17, 15) is 2.74 Å². The van der Waals surface area contributed by atoms with Crippen LogP contribution in [0, 0.1) is 0 Å². The van der Waals surface area contributed by atoms with Crippen LogP contribution in [0.1, 0.15) is 15.1 Å². The molecule has 0 unspecified atom stereocenters. The van der Waals surface area contributed by atoms with E-state index in [0.29, 0.717) is 22.3 Å². The molecule has 10 rings (SSSR count). The molecule has 4 heteroatoms. The summed E-state index contributed by atoms with van der Waals surface area (Å²) in [7, 11) is 0. The van der Waals surface area contributed by atoms with Crippen LogP contribution >= 0.6 is 0 Å². The molecule has 2 heterocycles. The average Bonchev–Trinajstić information content (AvgIpc) is 3.70. The first-order valence-corrected chi connectivity index (χ1v) is 16.2. The van der Waals surface area contributed by atoms with Crippen LogP contribution in [0.5, 0.6) is 0 Å². The zero-order valence-electron chi connectivity index (χ0n) is 37.6. The molecule has 2 aromatic heterocycles. The summed E-state index contributed by atoms with van der Waals surface area (Å²) in [6, 6.07) is 28.8. The maximum Gasteiger partial charge on any atom is 0.165 e. The van der Waals surface area contributed by atoms with Crippen molar-refractivity contribution in [1.29, 1.82) is 0 Å². The van der Waals surface area contributed by atoms with Crippen molar-refractivity contribution in [2.45, 2.75) is 0 Å². The van der Waals surface area contributed by atoms with Crippen LogP contribution in [-0.4, -0.2) is 15.0 Å². The summed E-state index contributed by atoms with van der Waals surface area (Å²) >= 11 is 0. The summed E-state index contributed by atoms with van der Waals surface area (Å²) in [4.78, 5) is 15.1. The van der Waals surface area contributed by atoms with Crippen LogP contribution in [0.25, 0.3) is 99.9 Å². The molecule has 8 aromatic carbocycles. The Kier molecular flexibility index (Phi) is 4.65. The zero-order chi connectivity index (χ0) is 43.3. The number of para-hydroxylation sites is 1. The summed E-state index contributed by atoms with van der Waals surface area (Å²) in [5.74, 6) is 0.580. The standard InChI is InChI=1S/C47H29N3O/c1-2-10-30(11-3-1)33-18-22-34(23-19-33)39-26-27-42-43(40-16-8-9-17-41(40)51-42)44(39)47-49-45(37-24-20-31-12-4-6-14-35(31)28-37)48-46(50-47)38-25-21-32-13-5-7-15-36(32)29-38/h1-29H/i1D,2D,3D,8D,9D,10D,11D,16D,17D,26D,27D. The van der Waals surface area contributed by atoms with Gasteiger partial charge in [0.1, 0.15) is 11.2 Å². The highest BCUT2D eigenvalue weighted by atomic mass is 16.3. The molecule has 10 aromatic rings. The van der Waals surface area contributed by atoms with Crippen LogP contribution in [0.3, 0.4) is 0 Å². The molecule has 0 aliphatic carbocycles. The van der Waals surface area contributed by atoms with E-state index in [2.05, 4.69) is 0 Å². The molecule has 0 fully saturated rings. The SMILES string of the molecule is [2H]c1c([2H])c([2H])c(-c2ccc(-c3c([2H])c([2H])c4oc5c([2H])c([2H])c([2H])c([2H])c5c4c3-c3nc(-c4ccc5ccccc5c4)nc(-c4ccc5ccccc5c4)n3)cc2)c([2H])c1[2H]. The molecule has 51 heavy (non-hydrogen) atoms. The first-order chi connectivity index (χ1) is 29.8.